The summed E-state index contributed by atoms with van der Waals surface area (Å²) < 4.78 is 61.3. The molecule has 0 aromatic carbocycles. The van der Waals surface area contributed by atoms with E-state index in [0.717, 1.165) is 116 Å². The third-order valence-electron chi connectivity index (χ3n) is 20.5. The van der Waals surface area contributed by atoms with E-state index in [1.807, 2.05) is 0 Å². The van der Waals surface area contributed by atoms with E-state index in [1.54, 1.807) is 0 Å². The topological polar surface area (TPSA) is 231 Å². The largest absolute Gasteiger partial charge is 0.472 e. The van der Waals surface area contributed by atoms with Crippen LogP contribution in [0.25, 0.3) is 0 Å². The number of hydrogen-bond donors (Lipinski definition) is 4. The molecule has 0 saturated heterocycles. The van der Waals surface area contributed by atoms with Crippen molar-refractivity contribution < 1.29 is 75.8 Å². The minimum Gasteiger partial charge on any atom is -0.463 e. The molecule has 668 valence electrons. The summed E-state index contributed by atoms with van der Waals surface area (Å²) in [6, 6.07) is 0. The zero-order valence-electron chi connectivity index (χ0n) is 73.7. The molecule has 115 heavy (non-hydrogen) atoms. The number of rotatable bonds is 90. The molecule has 0 radical (unpaired) electrons. The SMILES string of the molecule is CC/C=C\C/C=C\C/C=C\C/C=C\C/C=C\CCCCCCCCCCCCCCCCCCCCCC(=O)OCC(O)COP(=O)(O)OCC(O)COP(=O)(O)OCC(COC(=O)CCCCCCCCCCCCCCCCCCC/C=C\C/C=C\C/C=C\C/C=C\CCCCC)OC(=O)CCCCCCCCCCCCC. The molecule has 0 heterocycles. The summed E-state index contributed by atoms with van der Waals surface area (Å²) in [4.78, 5) is 58.8. The second kappa shape index (κ2) is 89.5. The smallest absolute Gasteiger partial charge is 0.463 e. The second-order valence-corrected chi connectivity index (χ2v) is 34.7. The molecule has 0 aromatic rings. The maximum absolute atomic E-state index is 13.0. The Labute approximate surface area is 704 Å². The average molecular weight is 1660 g/mol. The van der Waals surface area contributed by atoms with E-state index in [-0.39, 0.29) is 19.3 Å². The maximum Gasteiger partial charge on any atom is 0.472 e. The lowest BCUT2D eigenvalue weighted by molar-refractivity contribution is -0.161. The number of esters is 3. The fraction of sp³-hybridized carbons (Fsp3) is 0.784. The van der Waals surface area contributed by atoms with Crippen LogP contribution in [-0.2, 0) is 55.8 Å². The minimum absolute atomic E-state index is 0.110. The number of phosphoric acid groups is 2. The number of phosphoric ester groups is 2. The van der Waals surface area contributed by atoms with Crippen molar-refractivity contribution in [2.24, 2.45) is 0 Å². The van der Waals surface area contributed by atoms with E-state index < -0.39 is 91.5 Å². The molecule has 18 heteroatoms. The predicted octanol–water partition coefficient (Wildman–Crippen LogP) is 29.0. The van der Waals surface area contributed by atoms with E-state index in [4.69, 9.17) is 32.3 Å². The van der Waals surface area contributed by atoms with E-state index in [0.29, 0.717) is 19.3 Å². The Morgan fingerprint density at radius 1 is 0.252 bits per heavy atom. The fourth-order valence-electron chi connectivity index (χ4n) is 13.4. The zero-order valence-corrected chi connectivity index (χ0v) is 75.5. The number of allylic oxidation sites excluding steroid dienone is 18. The first-order chi connectivity index (χ1) is 56.2. The van der Waals surface area contributed by atoms with Gasteiger partial charge in [0.25, 0.3) is 0 Å². The quantitative estimate of drug-likeness (QED) is 0.0146. The molecule has 0 rings (SSSR count). The van der Waals surface area contributed by atoms with Crippen LogP contribution < -0.4 is 0 Å². The third-order valence-corrected chi connectivity index (χ3v) is 22.4. The highest BCUT2D eigenvalue weighted by Gasteiger charge is 2.30. The van der Waals surface area contributed by atoms with Gasteiger partial charge >= 0.3 is 33.6 Å². The van der Waals surface area contributed by atoms with E-state index >= 15 is 0 Å². The number of hydrogen-bond acceptors (Lipinski definition) is 14. The molecule has 0 aliphatic carbocycles. The van der Waals surface area contributed by atoms with Crippen molar-refractivity contribution in [1.82, 2.24) is 0 Å². The van der Waals surface area contributed by atoms with Gasteiger partial charge in [-0.1, -0.05) is 413 Å². The Bertz CT molecular complexity index is 2520. The van der Waals surface area contributed by atoms with Crippen LogP contribution in [-0.4, -0.2) is 95.9 Å². The van der Waals surface area contributed by atoms with Crippen molar-refractivity contribution in [3.05, 3.63) is 109 Å². The Morgan fingerprint density at radius 3 is 0.748 bits per heavy atom. The molecule has 5 unspecified atom stereocenters. The van der Waals surface area contributed by atoms with Crippen LogP contribution in [0.4, 0.5) is 0 Å². The highest BCUT2D eigenvalue weighted by atomic mass is 31.2. The zero-order chi connectivity index (χ0) is 83.6. The van der Waals surface area contributed by atoms with Gasteiger partial charge in [-0.15, -0.1) is 0 Å². The molecular weight excluding hydrogens is 1480 g/mol. The fourth-order valence-corrected chi connectivity index (χ4v) is 14.9. The standard InChI is InChI=1S/C97H174O16P2/c1-4-7-10-13-16-19-22-24-26-28-30-32-34-36-38-40-42-44-45-47-49-50-52-54-56-58-60-62-64-66-69-71-74-77-80-83-95(100)107-86-92(98)87-109-114(103,104)110-88-93(99)89-111-115(105,106)112-91-94(113-97(102)85-82-79-76-73-68-21-18-15-12-9-6-3)90-108-96(101)84-81-78-75-72-70-67-65-63-61-59-57-55-53-51-48-46-43-41-39-37-35-33-31-29-27-25-23-20-17-14-11-8-5-2/h7,10,16-17,19-20,24-27,30-33,36-39,92-94,98-99H,4-6,8-9,11-15,18,21-23,28-29,34-35,40-91H2,1-3H3,(H,103,104)(H,105,106)/b10-7-,19-16-,20-17-,26-24-,27-25-,32-30-,33-31-,38-36-,39-37-. The van der Waals surface area contributed by atoms with Gasteiger partial charge in [-0.25, -0.2) is 9.13 Å². The molecule has 0 bridgehead atoms. The summed E-state index contributed by atoms with van der Waals surface area (Å²) in [5.41, 5.74) is 0. The minimum atomic E-state index is -4.93. The molecule has 0 amide bonds. The lowest BCUT2D eigenvalue weighted by atomic mass is 10.0. The Balaban J connectivity index is 4.29. The van der Waals surface area contributed by atoms with Crippen LogP contribution in [0.3, 0.4) is 0 Å². The lowest BCUT2D eigenvalue weighted by Crippen LogP contribution is -2.30. The van der Waals surface area contributed by atoms with Crippen LogP contribution >= 0.6 is 15.6 Å². The molecule has 0 aliphatic heterocycles. The normalized spacial score (nSPS) is 14.3. The lowest BCUT2D eigenvalue weighted by Gasteiger charge is -2.21. The summed E-state index contributed by atoms with van der Waals surface area (Å²) in [6.07, 6.45) is 109. The second-order valence-electron chi connectivity index (χ2n) is 31.8. The number of ether oxygens (including phenoxy) is 3. The molecule has 0 saturated carbocycles. The molecule has 0 aromatic heterocycles. The summed E-state index contributed by atoms with van der Waals surface area (Å²) >= 11 is 0. The van der Waals surface area contributed by atoms with Crippen molar-refractivity contribution in [2.75, 3.05) is 39.6 Å². The first-order valence-corrected chi connectivity index (χ1v) is 50.2. The van der Waals surface area contributed by atoms with Gasteiger partial charge in [0.15, 0.2) is 6.10 Å². The van der Waals surface area contributed by atoms with Crippen LogP contribution in [0, 0.1) is 0 Å². The van der Waals surface area contributed by atoms with Gasteiger partial charge in [-0.2, -0.15) is 0 Å². The van der Waals surface area contributed by atoms with Gasteiger partial charge in [-0.3, -0.25) is 32.5 Å². The van der Waals surface area contributed by atoms with Gasteiger partial charge in [0.2, 0.25) is 0 Å². The van der Waals surface area contributed by atoms with Gasteiger partial charge in [0, 0.05) is 19.3 Å². The number of unbranched alkanes of at least 4 members (excludes halogenated alkanes) is 49. The first-order valence-electron chi connectivity index (χ1n) is 47.2. The molecule has 16 nitrogen and oxygen atoms in total. The Kier molecular flexibility index (Phi) is 86.5. The van der Waals surface area contributed by atoms with Gasteiger partial charge in [0.1, 0.15) is 25.4 Å². The molecule has 0 spiro atoms. The Hall–Kier alpha value is -3.79. The highest BCUT2D eigenvalue weighted by Crippen LogP contribution is 2.45. The summed E-state index contributed by atoms with van der Waals surface area (Å²) in [5.74, 6) is -1.55. The van der Waals surface area contributed by atoms with Crippen molar-refractivity contribution in [2.45, 2.75) is 450 Å². The monoisotopic (exact) mass is 1660 g/mol. The van der Waals surface area contributed by atoms with Crippen LogP contribution in [0.1, 0.15) is 432 Å². The summed E-state index contributed by atoms with van der Waals surface area (Å²) in [5, 5.41) is 20.7. The third kappa shape index (κ3) is 90.8. The van der Waals surface area contributed by atoms with Crippen molar-refractivity contribution in [3.63, 3.8) is 0 Å². The van der Waals surface area contributed by atoms with Crippen molar-refractivity contribution in [1.29, 1.82) is 0 Å². The number of aliphatic hydroxyl groups excluding tert-OH is 2. The summed E-state index contributed by atoms with van der Waals surface area (Å²) in [6.45, 7) is 2.61. The Morgan fingerprint density at radius 2 is 0.461 bits per heavy atom. The molecule has 0 fully saturated rings. The van der Waals surface area contributed by atoms with E-state index in [2.05, 4.69) is 130 Å². The number of aliphatic hydroxyl groups is 2. The van der Waals surface area contributed by atoms with Crippen LogP contribution in [0.2, 0.25) is 0 Å². The van der Waals surface area contributed by atoms with Crippen LogP contribution in [0.5, 0.6) is 0 Å². The van der Waals surface area contributed by atoms with E-state index in [1.165, 1.54) is 257 Å². The molecular formula is C97H174O16P2. The molecule has 4 N–H and O–H groups in total. The van der Waals surface area contributed by atoms with Gasteiger partial charge < -0.3 is 34.2 Å². The number of carbonyl (C=O) groups excluding carboxylic acids is 3. The number of carbonyl (C=O) groups is 3. The molecule has 0 aliphatic rings. The highest BCUT2D eigenvalue weighted by molar-refractivity contribution is 7.47. The molecule has 5 atom stereocenters. The first kappa shape index (κ1) is 111. The summed E-state index contributed by atoms with van der Waals surface area (Å²) in [7, 11) is -9.78. The van der Waals surface area contributed by atoms with Crippen molar-refractivity contribution in [3.8, 4) is 0 Å². The van der Waals surface area contributed by atoms with Crippen LogP contribution in [0.15, 0.2) is 109 Å². The predicted molar refractivity (Wildman–Crippen MR) is 482 cm³/mol. The van der Waals surface area contributed by atoms with Gasteiger partial charge in [0.05, 0.1) is 26.4 Å². The van der Waals surface area contributed by atoms with Gasteiger partial charge in [-0.05, 0) is 109 Å². The van der Waals surface area contributed by atoms with Crippen molar-refractivity contribution >= 4 is 33.6 Å². The maximum atomic E-state index is 13.0. The average Bonchev–Trinajstić information content (AvgIpc) is 0.901. The van der Waals surface area contributed by atoms with E-state index in [9.17, 15) is 43.5 Å².